The van der Waals surface area contributed by atoms with Crippen LogP contribution >= 0.6 is 15.9 Å². The molecule has 1 nitrogen and oxygen atoms in total. The van der Waals surface area contributed by atoms with E-state index in [1.807, 2.05) is 0 Å². The van der Waals surface area contributed by atoms with Gasteiger partial charge in [-0.1, -0.05) is 28.1 Å². The van der Waals surface area contributed by atoms with Gasteiger partial charge in [-0.15, -0.1) is 0 Å². The van der Waals surface area contributed by atoms with Crippen molar-refractivity contribution in [2.45, 2.75) is 11.8 Å². The maximum Gasteiger partial charge on any atom is 0.0178 e. The Morgan fingerprint density at radius 2 is 2.38 bits per heavy atom. The van der Waals surface area contributed by atoms with Crippen LogP contribution in [0.1, 0.15) is 12.0 Å². The van der Waals surface area contributed by atoms with Crippen LogP contribution in [0.5, 0.6) is 0 Å². The highest BCUT2D eigenvalue weighted by Crippen LogP contribution is 2.56. The minimum atomic E-state index is 0.504. The van der Waals surface area contributed by atoms with Gasteiger partial charge in [-0.25, -0.2) is 0 Å². The Hall–Kier alpha value is -0.340. The van der Waals surface area contributed by atoms with Gasteiger partial charge in [0.1, 0.15) is 0 Å². The van der Waals surface area contributed by atoms with Crippen LogP contribution in [0.4, 0.5) is 0 Å². The van der Waals surface area contributed by atoms with Gasteiger partial charge in [0.2, 0.25) is 0 Å². The summed E-state index contributed by atoms with van der Waals surface area (Å²) in [6.45, 7) is 2.39. The van der Waals surface area contributed by atoms with Crippen LogP contribution in [-0.4, -0.2) is 13.1 Å². The monoisotopic (exact) mass is 237 g/mol. The van der Waals surface area contributed by atoms with Gasteiger partial charge in [0.15, 0.2) is 0 Å². The zero-order valence-corrected chi connectivity index (χ0v) is 8.97. The molecule has 0 radical (unpaired) electrons. The van der Waals surface area contributed by atoms with Crippen molar-refractivity contribution >= 4 is 15.9 Å². The van der Waals surface area contributed by atoms with E-state index in [-0.39, 0.29) is 0 Å². The van der Waals surface area contributed by atoms with Crippen LogP contribution in [0.3, 0.4) is 0 Å². The molecule has 68 valence electrons. The maximum atomic E-state index is 3.53. The first-order valence-corrected chi connectivity index (χ1v) is 5.57. The van der Waals surface area contributed by atoms with E-state index >= 15 is 0 Å². The summed E-state index contributed by atoms with van der Waals surface area (Å²) in [5.74, 6) is 0.904. The first-order valence-electron chi connectivity index (χ1n) is 4.78. The van der Waals surface area contributed by atoms with E-state index in [0.29, 0.717) is 5.41 Å². The van der Waals surface area contributed by atoms with Crippen molar-refractivity contribution < 1.29 is 0 Å². The highest BCUT2D eigenvalue weighted by Gasteiger charge is 2.57. The maximum absolute atomic E-state index is 3.53. The molecular weight excluding hydrogens is 226 g/mol. The van der Waals surface area contributed by atoms with E-state index < -0.39 is 0 Å². The third-order valence-electron chi connectivity index (χ3n) is 3.46. The molecule has 1 saturated heterocycles. The highest BCUT2D eigenvalue weighted by molar-refractivity contribution is 9.10. The molecule has 2 aliphatic rings. The molecule has 2 heteroatoms. The Kier molecular flexibility index (Phi) is 1.59. The molecule has 1 heterocycles. The number of nitrogens with one attached hydrogen (secondary N) is 1. The van der Waals surface area contributed by atoms with Crippen LogP contribution in [0, 0.1) is 5.92 Å². The third kappa shape index (κ3) is 1.09. The summed E-state index contributed by atoms with van der Waals surface area (Å²) < 4.78 is 1.21. The molecule has 1 aromatic carbocycles. The average Bonchev–Trinajstić information content (AvgIpc) is 2.70. The van der Waals surface area contributed by atoms with Crippen molar-refractivity contribution in [2.24, 2.45) is 5.92 Å². The quantitative estimate of drug-likeness (QED) is 0.791. The summed E-state index contributed by atoms with van der Waals surface area (Å²) in [6, 6.07) is 8.77. The van der Waals surface area contributed by atoms with Crippen molar-refractivity contribution in [3.8, 4) is 0 Å². The Morgan fingerprint density at radius 1 is 1.46 bits per heavy atom. The molecule has 1 aliphatic carbocycles. The summed E-state index contributed by atoms with van der Waals surface area (Å²) in [5, 5.41) is 3.47. The van der Waals surface area contributed by atoms with Crippen molar-refractivity contribution in [2.75, 3.05) is 13.1 Å². The molecule has 2 fully saturated rings. The molecule has 1 saturated carbocycles. The van der Waals surface area contributed by atoms with Gasteiger partial charge in [0.05, 0.1) is 0 Å². The van der Waals surface area contributed by atoms with Gasteiger partial charge in [-0.05, 0) is 36.6 Å². The average molecular weight is 238 g/mol. The van der Waals surface area contributed by atoms with E-state index in [2.05, 4.69) is 45.5 Å². The second-order valence-electron chi connectivity index (χ2n) is 4.20. The van der Waals surface area contributed by atoms with Crippen molar-refractivity contribution in [1.29, 1.82) is 0 Å². The first-order chi connectivity index (χ1) is 6.31. The molecule has 1 N–H and O–H groups in total. The fraction of sp³-hybridized carbons (Fsp3) is 0.455. The first kappa shape index (κ1) is 8.01. The number of rotatable bonds is 1. The summed E-state index contributed by atoms with van der Waals surface area (Å²) >= 11 is 3.53. The number of piperidine rings is 1. The lowest BCUT2D eigenvalue weighted by atomic mass is 9.95. The largest absolute Gasteiger partial charge is 0.316 e. The zero-order chi connectivity index (χ0) is 8.89. The predicted octanol–water partition coefficient (Wildman–Crippen LogP) is 2.31. The van der Waals surface area contributed by atoms with Crippen LogP contribution in [0.15, 0.2) is 28.7 Å². The summed E-state index contributed by atoms with van der Waals surface area (Å²) in [5.41, 5.74) is 2.01. The lowest BCUT2D eigenvalue weighted by molar-refractivity contribution is 0.675. The SMILES string of the molecule is Brc1cccc([C@@]23CNC[C@@H]2C3)c1. The molecule has 0 spiro atoms. The number of fused-ring (bicyclic) bond motifs is 1. The fourth-order valence-corrected chi connectivity index (χ4v) is 2.99. The fourth-order valence-electron chi connectivity index (χ4n) is 2.59. The standard InChI is InChI=1S/C11H12BrN/c12-10-3-1-2-8(4-10)11-5-9(11)6-13-7-11/h1-4,9,13H,5-7H2/t9-,11+/m0/s1. The number of hydrogen-bond donors (Lipinski definition) is 1. The van der Waals surface area contributed by atoms with E-state index in [1.165, 1.54) is 29.5 Å². The molecule has 0 bridgehead atoms. The minimum Gasteiger partial charge on any atom is -0.316 e. The number of benzene rings is 1. The highest BCUT2D eigenvalue weighted by atomic mass is 79.9. The van der Waals surface area contributed by atoms with Crippen LogP contribution < -0.4 is 5.32 Å². The second-order valence-corrected chi connectivity index (χ2v) is 5.11. The molecular formula is C11H12BrN. The van der Waals surface area contributed by atoms with Crippen molar-refractivity contribution in [3.05, 3.63) is 34.3 Å². The van der Waals surface area contributed by atoms with Gasteiger partial charge in [-0.2, -0.15) is 0 Å². The van der Waals surface area contributed by atoms with Gasteiger partial charge in [0, 0.05) is 16.4 Å². The number of hydrogen-bond acceptors (Lipinski definition) is 1. The van der Waals surface area contributed by atoms with Gasteiger partial charge in [0.25, 0.3) is 0 Å². The molecule has 13 heavy (non-hydrogen) atoms. The molecule has 0 amide bonds. The molecule has 2 atom stereocenters. The van der Waals surface area contributed by atoms with E-state index in [0.717, 1.165) is 5.92 Å². The van der Waals surface area contributed by atoms with E-state index in [4.69, 9.17) is 0 Å². The topological polar surface area (TPSA) is 12.0 Å². The normalized spacial score (nSPS) is 35.9. The molecule has 0 unspecified atom stereocenters. The van der Waals surface area contributed by atoms with Gasteiger partial charge >= 0.3 is 0 Å². The Labute approximate surface area is 86.7 Å². The summed E-state index contributed by atoms with van der Waals surface area (Å²) in [6.07, 6.45) is 1.39. The predicted molar refractivity (Wildman–Crippen MR) is 56.8 cm³/mol. The van der Waals surface area contributed by atoms with E-state index in [1.54, 1.807) is 0 Å². The summed E-state index contributed by atoms with van der Waals surface area (Å²) in [7, 11) is 0. The Morgan fingerprint density at radius 3 is 3.00 bits per heavy atom. The lowest BCUT2D eigenvalue weighted by Gasteiger charge is -2.12. The lowest BCUT2D eigenvalue weighted by Crippen LogP contribution is -2.19. The Balaban J connectivity index is 2.01. The zero-order valence-electron chi connectivity index (χ0n) is 7.39. The van der Waals surface area contributed by atoms with E-state index in [9.17, 15) is 0 Å². The molecule has 0 aromatic heterocycles. The van der Waals surface area contributed by atoms with Crippen LogP contribution in [-0.2, 0) is 5.41 Å². The third-order valence-corrected chi connectivity index (χ3v) is 3.96. The van der Waals surface area contributed by atoms with Gasteiger partial charge < -0.3 is 5.32 Å². The van der Waals surface area contributed by atoms with Gasteiger partial charge in [-0.3, -0.25) is 0 Å². The smallest absolute Gasteiger partial charge is 0.0178 e. The number of halogens is 1. The molecule has 1 aromatic rings. The van der Waals surface area contributed by atoms with Crippen molar-refractivity contribution in [3.63, 3.8) is 0 Å². The summed E-state index contributed by atoms with van der Waals surface area (Å²) in [4.78, 5) is 0. The van der Waals surface area contributed by atoms with Crippen molar-refractivity contribution in [1.82, 2.24) is 5.32 Å². The minimum absolute atomic E-state index is 0.504. The molecule has 1 aliphatic heterocycles. The van der Waals surface area contributed by atoms with Crippen LogP contribution in [0.2, 0.25) is 0 Å². The van der Waals surface area contributed by atoms with Crippen LogP contribution in [0.25, 0.3) is 0 Å². The molecule has 3 rings (SSSR count). The Bertz CT molecular complexity index is 350. The second kappa shape index (κ2) is 2.58.